The van der Waals surface area contributed by atoms with E-state index in [0.29, 0.717) is 18.7 Å². The maximum Gasteiger partial charge on any atom is 0.254 e. The molecule has 0 N–H and O–H groups in total. The maximum atomic E-state index is 12.8. The van der Waals surface area contributed by atoms with Crippen LogP contribution in [0.2, 0.25) is 0 Å². The topological polar surface area (TPSA) is 60.2 Å². The van der Waals surface area contributed by atoms with Crippen molar-refractivity contribution in [1.29, 1.82) is 0 Å². The second-order valence-electron chi connectivity index (χ2n) is 8.04. The summed E-state index contributed by atoms with van der Waals surface area (Å²) in [5.41, 5.74) is 4.95. The number of aryl methyl sites for hydroxylation is 3. The van der Waals surface area contributed by atoms with E-state index < -0.39 is 0 Å². The number of aromatic nitrogens is 3. The number of pyridine rings is 1. The van der Waals surface area contributed by atoms with Crippen LogP contribution in [-0.2, 0) is 13.1 Å². The Bertz CT molecular complexity index is 1220. The Labute approximate surface area is 188 Å². The van der Waals surface area contributed by atoms with Crippen molar-refractivity contribution in [2.45, 2.75) is 33.4 Å². The molecule has 2 heterocycles. The Hall–Kier alpha value is -3.67. The molecule has 2 aromatic carbocycles. The van der Waals surface area contributed by atoms with Gasteiger partial charge in [-0.1, -0.05) is 24.3 Å². The summed E-state index contributed by atoms with van der Waals surface area (Å²) < 4.78 is 8.23. The second-order valence-corrected chi connectivity index (χ2v) is 8.04. The second kappa shape index (κ2) is 9.64. The monoisotopic (exact) mass is 428 g/mol. The van der Waals surface area contributed by atoms with Crippen molar-refractivity contribution in [3.8, 4) is 5.75 Å². The first-order valence-corrected chi connectivity index (χ1v) is 10.8. The van der Waals surface area contributed by atoms with Crippen LogP contribution in [-0.4, -0.2) is 39.0 Å². The molecule has 0 bridgehead atoms. The fourth-order valence-corrected chi connectivity index (χ4v) is 3.76. The highest BCUT2D eigenvalue weighted by molar-refractivity contribution is 5.93. The van der Waals surface area contributed by atoms with Crippen LogP contribution < -0.4 is 4.74 Å². The minimum absolute atomic E-state index is 0.0516. The van der Waals surface area contributed by atoms with Gasteiger partial charge in [-0.05, 0) is 61.7 Å². The minimum atomic E-state index is -0.0516. The van der Waals surface area contributed by atoms with Crippen LogP contribution in [0.3, 0.4) is 0 Å². The van der Waals surface area contributed by atoms with Gasteiger partial charge in [0.15, 0.2) is 0 Å². The maximum absolute atomic E-state index is 12.8. The van der Waals surface area contributed by atoms with Crippen LogP contribution in [0.25, 0.3) is 11.0 Å². The fraction of sp³-hybridized carbons (Fsp3) is 0.269. The number of carbonyl (C=O) groups is 1. The van der Waals surface area contributed by atoms with E-state index in [4.69, 9.17) is 9.72 Å². The smallest absolute Gasteiger partial charge is 0.254 e. The van der Waals surface area contributed by atoms with Gasteiger partial charge in [-0.3, -0.25) is 9.78 Å². The van der Waals surface area contributed by atoms with Crippen molar-refractivity contribution in [3.05, 3.63) is 89.5 Å². The molecule has 32 heavy (non-hydrogen) atoms. The molecule has 0 radical (unpaired) electrons. The lowest BCUT2D eigenvalue weighted by atomic mass is 10.1. The number of fused-ring (bicyclic) bond motifs is 1. The summed E-state index contributed by atoms with van der Waals surface area (Å²) in [5.74, 6) is 1.75. The third kappa shape index (κ3) is 4.80. The van der Waals surface area contributed by atoms with E-state index in [1.165, 1.54) is 5.56 Å². The first kappa shape index (κ1) is 21.6. The third-order valence-electron chi connectivity index (χ3n) is 5.51. The van der Waals surface area contributed by atoms with Crippen molar-refractivity contribution in [1.82, 2.24) is 19.4 Å². The number of hydrogen-bond acceptors (Lipinski definition) is 4. The van der Waals surface area contributed by atoms with Gasteiger partial charge in [0.2, 0.25) is 0 Å². The molecule has 0 atom stereocenters. The zero-order chi connectivity index (χ0) is 22.5. The first-order chi connectivity index (χ1) is 15.5. The molecule has 2 aromatic heterocycles. The van der Waals surface area contributed by atoms with E-state index in [9.17, 15) is 4.79 Å². The molecule has 4 rings (SSSR count). The molecule has 4 aromatic rings. The van der Waals surface area contributed by atoms with Gasteiger partial charge >= 0.3 is 0 Å². The van der Waals surface area contributed by atoms with Gasteiger partial charge in [0.25, 0.3) is 5.91 Å². The Morgan fingerprint density at radius 1 is 1.06 bits per heavy atom. The Balaban J connectivity index is 1.47. The average molecular weight is 429 g/mol. The van der Waals surface area contributed by atoms with Gasteiger partial charge in [0.1, 0.15) is 11.6 Å². The predicted molar refractivity (Wildman–Crippen MR) is 126 cm³/mol. The SMILES string of the molecule is Cc1ccc(C)c(OCCCn2c(CN(C)C(=O)c3ccncc3)nc3ccccc32)c1. The molecule has 6 nitrogen and oxygen atoms in total. The summed E-state index contributed by atoms with van der Waals surface area (Å²) >= 11 is 0. The van der Waals surface area contributed by atoms with Crippen molar-refractivity contribution < 1.29 is 9.53 Å². The lowest BCUT2D eigenvalue weighted by Gasteiger charge is -2.18. The molecule has 0 aliphatic heterocycles. The molecule has 0 aliphatic rings. The van der Waals surface area contributed by atoms with Gasteiger partial charge in [-0.2, -0.15) is 0 Å². The van der Waals surface area contributed by atoms with E-state index >= 15 is 0 Å². The Morgan fingerprint density at radius 2 is 1.84 bits per heavy atom. The van der Waals surface area contributed by atoms with Crippen molar-refractivity contribution in [3.63, 3.8) is 0 Å². The van der Waals surface area contributed by atoms with Crippen LogP contribution in [0, 0.1) is 13.8 Å². The standard InChI is InChI=1S/C26H28N4O2/c1-19-9-10-20(2)24(17-19)32-16-6-15-30-23-8-5-4-7-22(23)28-25(30)18-29(3)26(31)21-11-13-27-14-12-21/h4-5,7-14,17H,6,15-16,18H2,1-3H3. The molecule has 0 unspecified atom stereocenters. The first-order valence-electron chi connectivity index (χ1n) is 10.8. The zero-order valence-corrected chi connectivity index (χ0v) is 18.8. The number of para-hydroxylation sites is 2. The highest BCUT2D eigenvalue weighted by Gasteiger charge is 2.17. The molecule has 0 spiro atoms. The summed E-state index contributed by atoms with van der Waals surface area (Å²) in [7, 11) is 1.80. The summed E-state index contributed by atoms with van der Waals surface area (Å²) in [6.45, 7) is 5.93. The molecule has 164 valence electrons. The van der Waals surface area contributed by atoms with Gasteiger partial charge < -0.3 is 14.2 Å². The fourth-order valence-electron chi connectivity index (χ4n) is 3.76. The number of nitrogens with zero attached hydrogens (tertiary/aromatic N) is 4. The molecule has 0 fully saturated rings. The van der Waals surface area contributed by atoms with Gasteiger partial charge in [0, 0.05) is 31.5 Å². The number of carbonyl (C=O) groups excluding carboxylic acids is 1. The number of amides is 1. The zero-order valence-electron chi connectivity index (χ0n) is 18.8. The Morgan fingerprint density at radius 3 is 2.66 bits per heavy atom. The van der Waals surface area contributed by atoms with Gasteiger partial charge in [0.05, 0.1) is 24.2 Å². The number of hydrogen-bond donors (Lipinski definition) is 0. The molecule has 0 saturated carbocycles. The lowest BCUT2D eigenvalue weighted by molar-refractivity contribution is 0.0780. The largest absolute Gasteiger partial charge is 0.493 e. The van der Waals surface area contributed by atoms with Crippen molar-refractivity contribution in [2.24, 2.45) is 0 Å². The summed E-state index contributed by atoms with van der Waals surface area (Å²) in [4.78, 5) is 23.3. The van der Waals surface area contributed by atoms with Crippen LogP contribution >= 0.6 is 0 Å². The normalized spacial score (nSPS) is 11.0. The van der Waals surface area contributed by atoms with Crippen molar-refractivity contribution >= 4 is 16.9 Å². The number of imidazole rings is 1. The van der Waals surface area contributed by atoms with Gasteiger partial charge in [-0.25, -0.2) is 4.98 Å². The summed E-state index contributed by atoms with van der Waals surface area (Å²) in [6, 6.07) is 17.8. The number of benzene rings is 2. The summed E-state index contributed by atoms with van der Waals surface area (Å²) in [5, 5.41) is 0. The van der Waals surface area contributed by atoms with Crippen LogP contribution in [0.1, 0.15) is 33.7 Å². The number of ether oxygens (including phenoxy) is 1. The van der Waals surface area contributed by atoms with Gasteiger partial charge in [-0.15, -0.1) is 0 Å². The van der Waals surface area contributed by atoms with Crippen molar-refractivity contribution in [2.75, 3.05) is 13.7 Å². The van der Waals surface area contributed by atoms with Crippen LogP contribution in [0.4, 0.5) is 0 Å². The van der Waals surface area contributed by atoms with E-state index in [2.05, 4.69) is 47.7 Å². The molecular weight excluding hydrogens is 400 g/mol. The van der Waals surface area contributed by atoms with E-state index in [1.54, 1.807) is 36.5 Å². The highest BCUT2D eigenvalue weighted by Crippen LogP contribution is 2.21. The predicted octanol–water partition coefficient (Wildman–Crippen LogP) is 4.79. The highest BCUT2D eigenvalue weighted by atomic mass is 16.5. The van der Waals surface area contributed by atoms with E-state index in [0.717, 1.165) is 41.1 Å². The average Bonchev–Trinajstić information content (AvgIpc) is 3.15. The molecular formula is C26H28N4O2. The third-order valence-corrected chi connectivity index (χ3v) is 5.51. The Kier molecular flexibility index (Phi) is 6.50. The minimum Gasteiger partial charge on any atom is -0.493 e. The molecule has 6 heteroatoms. The lowest BCUT2D eigenvalue weighted by Crippen LogP contribution is -2.28. The summed E-state index contributed by atoms with van der Waals surface area (Å²) in [6.07, 6.45) is 4.10. The molecule has 0 aliphatic carbocycles. The van der Waals surface area contributed by atoms with E-state index in [-0.39, 0.29) is 5.91 Å². The molecule has 0 saturated heterocycles. The van der Waals surface area contributed by atoms with E-state index in [1.807, 2.05) is 18.2 Å². The molecule has 1 amide bonds. The quantitative estimate of drug-likeness (QED) is 0.379. The number of rotatable bonds is 8. The van der Waals surface area contributed by atoms with Crippen LogP contribution in [0.5, 0.6) is 5.75 Å². The van der Waals surface area contributed by atoms with Crippen LogP contribution in [0.15, 0.2) is 67.0 Å².